The summed E-state index contributed by atoms with van der Waals surface area (Å²) in [6.45, 7) is 2.12. The van der Waals surface area contributed by atoms with Gasteiger partial charge in [-0.25, -0.2) is 0 Å². The summed E-state index contributed by atoms with van der Waals surface area (Å²) in [6.07, 6.45) is 5.67. The SMILES string of the molecule is CN1CCC(Oc2ccc(NC(=O)/C(=C/c3ccco3)c3ccccc3)cc2)CC1. The average Bonchev–Trinajstić information content (AvgIpc) is 3.29. The van der Waals surface area contributed by atoms with Crippen molar-refractivity contribution in [3.05, 3.63) is 84.3 Å². The molecule has 1 aliphatic rings. The van der Waals surface area contributed by atoms with Gasteiger partial charge >= 0.3 is 0 Å². The van der Waals surface area contributed by atoms with Crippen LogP contribution in [0.5, 0.6) is 5.75 Å². The van der Waals surface area contributed by atoms with Gasteiger partial charge in [0.1, 0.15) is 17.6 Å². The molecule has 1 saturated heterocycles. The molecule has 30 heavy (non-hydrogen) atoms. The summed E-state index contributed by atoms with van der Waals surface area (Å²) in [5.41, 5.74) is 2.09. The van der Waals surface area contributed by atoms with E-state index in [-0.39, 0.29) is 12.0 Å². The maximum atomic E-state index is 13.0. The van der Waals surface area contributed by atoms with Crippen LogP contribution in [0.15, 0.2) is 77.4 Å². The number of ether oxygens (including phenoxy) is 1. The van der Waals surface area contributed by atoms with Crippen molar-refractivity contribution in [2.75, 3.05) is 25.5 Å². The van der Waals surface area contributed by atoms with Crippen molar-refractivity contribution >= 4 is 23.2 Å². The standard InChI is InChI=1S/C25H26N2O3/c1-27-15-13-22(14-16-27)30-21-11-9-20(10-12-21)26-25(28)24(18-23-8-5-17-29-23)19-6-3-2-4-7-19/h2-12,17-18,22H,13-16H2,1H3,(H,26,28)/b24-18+. The Hall–Kier alpha value is -3.31. The first-order valence-electron chi connectivity index (χ1n) is 10.2. The molecule has 1 aliphatic heterocycles. The van der Waals surface area contributed by atoms with Crippen LogP contribution in [0.3, 0.4) is 0 Å². The van der Waals surface area contributed by atoms with Crippen LogP contribution < -0.4 is 10.1 Å². The van der Waals surface area contributed by atoms with Crippen molar-refractivity contribution in [2.24, 2.45) is 0 Å². The lowest BCUT2D eigenvalue weighted by Gasteiger charge is -2.29. The minimum absolute atomic E-state index is 0.193. The Morgan fingerprint density at radius 3 is 2.43 bits per heavy atom. The third-order valence-corrected chi connectivity index (χ3v) is 5.24. The van der Waals surface area contributed by atoms with Crippen LogP contribution in [0.4, 0.5) is 5.69 Å². The number of nitrogens with one attached hydrogen (secondary N) is 1. The van der Waals surface area contributed by atoms with Crippen LogP contribution in [0, 0.1) is 0 Å². The second kappa shape index (κ2) is 9.46. The fourth-order valence-corrected chi connectivity index (χ4v) is 3.52. The summed E-state index contributed by atoms with van der Waals surface area (Å²) in [5.74, 6) is 1.27. The highest BCUT2D eigenvalue weighted by molar-refractivity contribution is 6.29. The quantitative estimate of drug-likeness (QED) is 0.594. The molecule has 1 fully saturated rings. The van der Waals surface area contributed by atoms with Crippen molar-refractivity contribution in [2.45, 2.75) is 18.9 Å². The Balaban J connectivity index is 1.45. The van der Waals surface area contributed by atoms with E-state index in [0.29, 0.717) is 11.3 Å². The van der Waals surface area contributed by atoms with Crippen LogP contribution in [0.1, 0.15) is 24.2 Å². The number of carbonyl (C=O) groups excluding carboxylic acids is 1. The zero-order valence-electron chi connectivity index (χ0n) is 17.1. The predicted octanol–water partition coefficient (Wildman–Crippen LogP) is 4.93. The minimum atomic E-state index is -0.193. The Kier molecular flexibility index (Phi) is 6.30. The average molecular weight is 402 g/mol. The van der Waals surface area contributed by atoms with Gasteiger partial charge in [0.2, 0.25) is 0 Å². The molecule has 0 unspecified atom stereocenters. The number of hydrogen-bond donors (Lipinski definition) is 1. The normalized spacial score (nSPS) is 15.7. The Labute approximate surface area is 177 Å². The van der Waals surface area contributed by atoms with E-state index in [0.717, 1.165) is 42.9 Å². The van der Waals surface area contributed by atoms with Gasteiger partial charge in [0.15, 0.2) is 0 Å². The molecule has 2 aromatic carbocycles. The molecule has 154 valence electrons. The monoisotopic (exact) mass is 402 g/mol. The lowest BCUT2D eigenvalue weighted by molar-refractivity contribution is -0.111. The number of nitrogens with zero attached hydrogens (tertiary/aromatic N) is 1. The van der Waals surface area contributed by atoms with Gasteiger partial charge in [-0.15, -0.1) is 0 Å². The molecule has 1 N–H and O–H groups in total. The second-order valence-corrected chi connectivity index (χ2v) is 7.54. The summed E-state index contributed by atoms with van der Waals surface area (Å²) >= 11 is 0. The molecular weight excluding hydrogens is 376 g/mol. The number of hydrogen-bond acceptors (Lipinski definition) is 4. The van der Waals surface area contributed by atoms with E-state index < -0.39 is 0 Å². The van der Waals surface area contributed by atoms with E-state index in [1.54, 1.807) is 18.4 Å². The van der Waals surface area contributed by atoms with Crippen LogP contribution in [0.2, 0.25) is 0 Å². The van der Waals surface area contributed by atoms with Crippen molar-refractivity contribution in [1.82, 2.24) is 4.90 Å². The van der Waals surface area contributed by atoms with Crippen molar-refractivity contribution in [3.63, 3.8) is 0 Å². The van der Waals surface area contributed by atoms with Crippen LogP contribution in [0.25, 0.3) is 11.6 Å². The highest BCUT2D eigenvalue weighted by Crippen LogP contribution is 2.23. The van der Waals surface area contributed by atoms with Gasteiger partial charge < -0.3 is 19.4 Å². The van der Waals surface area contributed by atoms with Gasteiger partial charge in [-0.1, -0.05) is 30.3 Å². The zero-order chi connectivity index (χ0) is 20.8. The molecule has 0 radical (unpaired) electrons. The van der Waals surface area contributed by atoms with Gasteiger partial charge in [-0.2, -0.15) is 0 Å². The predicted molar refractivity (Wildman–Crippen MR) is 119 cm³/mol. The maximum absolute atomic E-state index is 13.0. The fourth-order valence-electron chi connectivity index (χ4n) is 3.52. The van der Waals surface area contributed by atoms with E-state index in [2.05, 4.69) is 17.3 Å². The molecule has 1 amide bonds. The number of anilines is 1. The lowest BCUT2D eigenvalue weighted by atomic mass is 10.0. The molecule has 1 aromatic heterocycles. The van der Waals surface area contributed by atoms with Gasteiger partial charge in [-0.3, -0.25) is 4.79 Å². The van der Waals surface area contributed by atoms with Crippen molar-refractivity contribution in [1.29, 1.82) is 0 Å². The molecule has 3 aromatic rings. The molecule has 0 spiro atoms. The Morgan fingerprint density at radius 2 is 1.77 bits per heavy atom. The van der Waals surface area contributed by atoms with E-state index in [1.807, 2.05) is 60.7 Å². The van der Waals surface area contributed by atoms with E-state index in [1.165, 1.54) is 0 Å². The number of benzene rings is 2. The maximum Gasteiger partial charge on any atom is 0.256 e. The number of piperidine rings is 1. The van der Waals surface area contributed by atoms with Crippen LogP contribution in [-0.4, -0.2) is 37.0 Å². The first-order valence-corrected chi connectivity index (χ1v) is 10.2. The third-order valence-electron chi connectivity index (χ3n) is 5.24. The topological polar surface area (TPSA) is 54.7 Å². The van der Waals surface area contributed by atoms with Crippen LogP contribution in [-0.2, 0) is 4.79 Å². The first kappa shape index (κ1) is 20.0. The third kappa shape index (κ3) is 5.19. The first-order chi connectivity index (χ1) is 14.7. The lowest BCUT2D eigenvalue weighted by Crippen LogP contribution is -2.35. The van der Waals surface area contributed by atoms with E-state index in [4.69, 9.17) is 9.15 Å². The summed E-state index contributed by atoms with van der Waals surface area (Å²) in [5, 5.41) is 2.98. The second-order valence-electron chi connectivity index (χ2n) is 7.54. The molecular formula is C25H26N2O3. The summed E-state index contributed by atoms with van der Waals surface area (Å²) in [7, 11) is 2.14. The zero-order valence-corrected chi connectivity index (χ0v) is 17.1. The molecule has 5 nitrogen and oxygen atoms in total. The fraction of sp³-hybridized carbons (Fsp3) is 0.240. The van der Waals surface area contributed by atoms with Gasteiger partial charge in [0.05, 0.1) is 11.8 Å². The van der Waals surface area contributed by atoms with Crippen molar-refractivity contribution in [3.8, 4) is 5.75 Å². The van der Waals surface area contributed by atoms with Gasteiger partial charge in [-0.05, 0) is 67.9 Å². The molecule has 0 bridgehead atoms. The smallest absolute Gasteiger partial charge is 0.256 e. The Bertz CT molecular complexity index is 971. The number of carbonyl (C=O) groups is 1. The minimum Gasteiger partial charge on any atom is -0.490 e. The van der Waals surface area contributed by atoms with Crippen LogP contribution >= 0.6 is 0 Å². The highest BCUT2D eigenvalue weighted by atomic mass is 16.5. The van der Waals surface area contributed by atoms with Crippen molar-refractivity contribution < 1.29 is 13.9 Å². The van der Waals surface area contributed by atoms with E-state index >= 15 is 0 Å². The summed E-state index contributed by atoms with van der Waals surface area (Å²) in [6, 6.07) is 20.8. The molecule has 0 saturated carbocycles. The number of likely N-dealkylation sites (tertiary alicyclic amines) is 1. The number of rotatable bonds is 6. The number of furan rings is 1. The number of amides is 1. The largest absolute Gasteiger partial charge is 0.490 e. The summed E-state index contributed by atoms with van der Waals surface area (Å²) < 4.78 is 11.5. The molecule has 5 heteroatoms. The highest BCUT2D eigenvalue weighted by Gasteiger charge is 2.18. The molecule has 4 rings (SSSR count). The van der Waals surface area contributed by atoms with E-state index in [9.17, 15) is 4.79 Å². The molecule has 2 heterocycles. The Morgan fingerprint density at radius 1 is 1.03 bits per heavy atom. The van der Waals surface area contributed by atoms with Gasteiger partial charge in [0, 0.05) is 18.8 Å². The summed E-state index contributed by atoms with van der Waals surface area (Å²) in [4.78, 5) is 15.3. The van der Waals surface area contributed by atoms with Gasteiger partial charge in [0.25, 0.3) is 5.91 Å². The molecule has 0 aliphatic carbocycles. The molecule has 0 atom stereocenters.